The Labute approximate surface area is 165 Å². The molecular weight excluding hydrogens is 356 g/mol. The molecular formula is C21H28N4O3. The maximum absolute atomic E-state index is 11.7. The molecule has 1 amide bonds. The summed E-state index contributed by atoms with van der Waals surface area (Å²) in [7, 11) is 3.14. The highest BCUT2D eigenvalue weighted by atomic mass is 16.5. The van der Waals surface area contributed by atoms with Crippen molar-refractivity contribution in [2.24, 2.45) is 4.99 Å². The van der Waals surface area contributed by atoms with Crippen molar-refractivity contribution in [3.05, 3.63) is 59.2 Å². The van der Waals surface area contributed by atoms with E-state index >= 15 is 0 Å². The molecule has 4 N–H and O–H groups in total. The van der Waals surface area contributed by atoms with Crippen LogP contribution in [0.15, 0.2) is 47.5 Å². The van der Waals surface area contributed by atoms with Gasteiger partial charge in [-0.15, -0.1) is 0 Å². The van der Waals surface area contributed by atoms with Crippen molar-refractivity contribution < 1.29 is 14.6 Å². The van der Waals surface area contributed by atoms with Gasteiger partial charge in [-0.2, -0.15) is 0 Å². The Kier molecular flexibility index (Phi) is 8.14. The molecule has 0 aliphatic heterocycles. The molecule has 0 aromatic heterocycles. The number of hydrogen-bond acceptors (Lipinski definition) is 4. The Balaban J connectivity index is 1.98. The minimum absolute atomic E-state index is 0.0946. The first-order chi connectivity index (χ1) is 13.6. The van der Waals surface area contributed by atoms with Gasteiger partial charge in [-0.05, 0) is 37.1 Å². The van der Waals surface area contributed by atoms with Crippen molar-refractivity contribution in [1.29, 1.82) is 0 Å². The summed E-state index contributed by atoms with van der Waals surface area (Å²) in [6.45, 7) is 3.70. The molecule has 0 saturated carbocycles. The van der Waals surface area contributed by atoms with Crippen molar-refractivity contribution in [1.82, 2.24) is 16.0 Å². The van der Waals surface area contributed by atoms with Crippen LogP contribution in [0.3, 0.4) is 0 Å². The fourth-order valence-electron chi connectivity index (χ4n) is 2.70. The van der Waals surface area contributed by atoms with Gasteiger partial charge in [-0.1, -0.05) is 24.3 Å². The van der Waals surface area contributed by atoms with Crippen molar-refractivity contribution in [2.45, 2.75) is 19.9 Å². The van der Waals surface area contributed by atoms with Crippen molar-refractivity contribution in [2.75, 3.05) is 27.2 Å². The van der Waals surface area contributed by atoms with Crippen LogP contribution >= 0.6 is 0 Å². The van der Waals surface area contributed by atoms with E-state index in [-0.39, 0.29) is 11.7 Å². The summed E-state index contributed by atoms with van der Waals surface area (Å²) in [5.41, 5.74) is 2.40. The summed E-state index contributed by atoms with van der Waals surface area (Å²) in [6.07, 6.45) is 0.750. The summed E-state index contributed by atoms with van der Waals surface area (Å²) < 4.78 is 5.13. The summed E-state index contributed by atoms with van der Waals surface area (Å²) in [4.78, 5) is 16.3. The first kappa shape index (κ1) is 21.1. The van der Waals surface area contributed by atoms with Gasteiger partial charge in [0, 0.05) is 31.3 Å². The SMILES string of the molecule is CCNC(=NCc1cccc(OC)c1O)NCCc1cccc(C(=O)NC)c1. The van der Waals surface area contributed by atoms with Gasteiger partial charge in [0.15, 0.2) is 17.5 Å². The highest BCUT2D eigenvalue weighted by Gasteiger charge is 2.07. The zero-order chi connectivity index (χ0) is 20.4. The van der Waals surface area contributed by atoms with Crippen molar-refractivity contribution >= 4 is 11.9 Å². The maximum atomic E-state index is 11.7. The summed E-state index contributed by atoms with van der Waals surface area (Å²) >= 11 is 0. The van der Waals surface area contributed by atoms with Crippen molar-refractivity contribution in [3.8, 4) is 11.5 Å². The number of carbonyl (C=O) groups excluding carboxylic acids is 1. The number of benzene rings is 2. The van der Waals surface area contributed by atoms with Crippen molar-refractivity contribution in [3.63, 3.8) is 0 Å². The number of carbonyl (C=O) groups is 1. The van der Waals surface area contributed by atoms with Gasteiger partial charge < -0.3 is 25.8 Å². The number of phenols is 1. The van der Waals surface area contributed by atoms with Crippen LogP contribution in [-0.4, -0.2) is 44.2 Å². The van der Waals surface area contributed by atoms with E-state index in [0.717, 1.165) is 18.5 Å². The van der Waals surface area contributed by atoms with Gasteiger partial charge >= 0.3 is 0 Å². The number of para-hydroxylation sites is 1. The Hall–Kier alpha value is -3.22. The molecule has 2 aromatic rings. The quantitative estimate of drug-likeness (QED) is 0.413. The molecule has 0 spiro atoms. The number of nitrogens with zero attached hydrogens (tertiary/aromatic N) is 1. The van der Waals surface area contributed by atoms with E-state index < -0.39 is 0 Å². The van der Waals surface area contributed by atoms with E-state index in [4.69, 9.17) is 4.74 Å². The summed E-state index contributed by atoms with van der Waals surface area (Å²) in [5, 5.41) is 19.3. The van der Waals surface area contributed by atoms with Gasteiger partial charge in [0.2, 0.25) is 0 Å². The summed E-state index contributed by atoms with van der Waals surface area (Å²) in [6, 6.07) is 12.9. The molecule has 0 aliphatic carbocycles. The second-order valence-corrected chi connectivity index (χ2v) is 6.12. The monoisotopic (exact) mass is 384 g/mol. The predicted octanol–water partition coefficient (Wildman–Crippen LogP) is 2.06. The largest absolute Gasteiger partial charge is 0.504 e. The van der Waals surface area contributed by atoms with Crippen LogP contribution in [-0.2, 0) is 13.0 Å². The van der Waals surface area contributed by atoms with Gasteiger partial charge in [0.25, 0.3) is 5.91 Å². The van der Waals surface area contributed by atoms with E-state index in [2.05, 4.69) is 20.9 Å². The lowest BCUT2D eigenvalue weighted by atomic mass is 10.1. The molecule has 28 heavy (non-hydrogen) atoms. The highest BCUT2D eigenvalue weighted by Crippen LogP contribution is 2.29. The third kappa shape index (κ3) is 5.90. The number of aromatic hydroxyl groups is 1. The molecule has 150 valence electrons. The van der Waals surface area contributed by atoms with Crippen LogP contribution in [0.25, 0.3) is 0 Å². The Morgan fingerprint density at radius 3 is 2.68 bits per heavy atom. The number of hydrogen-bond donors (Lipinski definition) is 4. The lowest BCUT2D eigenvalue weighted by Crippen LogP contribution is -2.38. The van der Waals surface area contributed by atoms with Gasteiger partial charge in [-0.3, -0.25) is 4.79 Å². The zero-order valence-corrected chi connectivity index (χ0v) is 16.6. The second-order valence-electron chi connectivity index (χ2n) is 6.12. The van der Waals surface area contributed by atoms with Crippen LogP contribution in [0, 0.1) is 0 Å². The molecule has 0 atom stereocenters. The van der Waals surface area contributed by atoms with E-state index in [1.807, 2.05) is 37.3 Å². The zero-order valence-electron chi connectivity index (χ0n) is 16.6. The number of ether oxygens (including phenoxy) is 1. The number of methoxy groups -OCH3 is 1. The van der Waals surface area contributed by atoms with Gasteiger partial charge in [-0.25, -0.2) is 4.99 Å². The molecule has 0 radical (unpaired) electrons. The number of nitrogens with one attached hydrogen (secondary N) is 3. The lowest BCUT2D eigenvalue weighted by Gasteiger charge is -2.12. The number of rotatable bonds is 8. The minimum atomic E-state index is -0.0946. The van der Waals surface area contributed by atoms with E-state index in [9.17, 15) is 9.90 Å². The fourth-order valence-corrected chi connectivity index (χ4v) is 2.70. The molecule has 0 saturated heterocycles. The summed E-state index contributed by atoms with van der Waals surface area (Å²) in [5.74, 6) is 1.10. The van der Waals surface area contributed by atoms with Crippen LogP contribution in [0.4, 0.5) is 0 Å². The molecule has 0 fully saturated rings. The average Bonchev–Trinajstić information content (AvgIpc) is 2.72. The average molecular weight is 384 g/mol. The Bertz CT molecular complexity index is 821. The van der Waals surface area contributed by atoms with Crippen LogP contribution < -0.4 is 20.7 Å². The normalized spacial score (nSPS) is 11.0. The predicted molar refractivity (Wildman–Crippen MR) is 111 cm³/mol. The standard InChI is InChI=1S/C21H28N4O3/c1-4-23-21(25-14-17-9-6-10-18(28-3)19(17)26)24-12-11-15-7-5-8-16(13-15)20(27)22-2/h5-10,13,26H,4,11-12,14H2,1-3H3,(H,22,27)(H2,23,24,25). The van der Waals surface area contributed by atoms with E-state index in [0.29, 0.717) is 35.9 Å². The van der Waals surface area contributed by atoms with Gasteiger partial charge in [0.05, 0.1) is 13.7 Å². The van der Waals surface area contributed by atoms with Crippen LogP contribution in [0.2, 0.25) is 0 Å². The smallest absolute Gasteiger partial charge is 0.251 e. The third-order valence-corrected chi connectivity index (χ3v) is 4.18. The molecule has 7 nitrogen and oxygen atoms in total. The lowest BCUT2D eigenvalue weighted by molar-refractivity contribution is 0.0963. The second kappa shape index (κ2) is 10.8. The Morgan fingerprint density at radius 2 is 1.96 bits per heavy atom. The first-order valence-electron chi connectivity index (χ1n) is 9.27. The van der Waals surface area contributed by atoms with Crippen LogP contribution in [0.1, 0.15) is 28.4 Å². The number of guanidine groups is 1. The highest BCUT2D eigenvalue weighted by molar-refractivity contribution is 5.94. The topological polar surface area (TPSA) is 95.0 Å². The molecule has 2 aromatic carbocycles. The Morgan fingerprint density at radius 1 is 1.18 bits per heavy atom. The third-order valence-electron chi connectivity index (χ3n) is 4.18. The molecule has 0 aliphatic rings. The van der Waals surface area contributed by atoms with E-state index in [1.165, 1.54) is 7.11 Å². The van der Waals surface area contributed by atoms with Gasteiger partial charge in [0.1, 0.15) is 0 Å². The van der Waals surface area contributed by atoms with E-state index in [1.54, 1.807) is 19.2 Å². The number of amides is 1. The fraction of sp³-hybridized carbons (Fsp3) is 0.333. The number of phenolic OH excluding ortho intramolecular Hbond substituents is 1. The molecule has 0 unspecified atom stereocenters. The number of aliphatic imine (C=N–C) groups is 1. The van der Waals surface area contributed by atoms with Crippen LogP contribution in [0.5, 0.6) is 11.5 Å². The minimum Gasteiger partial charge on any atom is -0.504 e. The first-order valence-corrected chi connectivity index (χ1v) is 9.27. The molecule has 0 bridgehead atoms. The molecule has 7 heteroatoms. The maximum Gasteiger partial charge on any atom is 0.251 e. The molecule has 2 rings (SSSR count). The molecule has 0 heterocycles.